The molecule has 0 radical (unpaired) electrons. The molecule has 0 unspecified atom stereocenters. The van der Waals surface area contributed by atoms with Crippen molar-refractivity contribution in [2.24, 2.45) is 0 Å². The van der Waals surface area contributed by atoms with Crippen LogP contribution in [-0.4, -0.2) is 65.6 Å². The highest BCUT2D eigenvalue weighted by molar-refractivity contribution is 7.92. The molecule has 2 aromatic rings. The summed E-state index contributed by atoms with van der Waals surface area (Å²) < 4.78 is 58.4. The first-order chi connectivity index (χ1) is 16.4. The third-order valence-corrected chi connectivity index (χ3v) is 8.90. The van der Waals surface area contributed by atoms with Crippen LogP contribution in [0.25, 0.3) is 0 Å². The Hall–Kier alpha value is -2.63. The van der Waals surface area contributed by atoms with Gasteiger partial charge in [-0.2, -0.15) is 4.31 Å². The minimum atomic E-state index is -3.70. The van der Waals surface area contributed by atoms with Crippen molar-refractivity contribution < 1.29 is 26.4 Å². The van der Waals surface area contributed by atoms with Gasteiger partial charge in [0, 0.05) is 13.1 Å². The van der Waals surface area contributed by atoms with Crippen molar-refractivity contribution >= 4 is 31.6 Å². The van der Waals surface area contributed by atoms with Gasteiger partial charge in [-0.1, -0.05) is 6.07 Å². The van der Waals surface area contributed by atoms with Crippen LogP contribution >= 0.6 is 0 Å². The molecule has 35 heavy (non-hydrogen) atoms. The van der Waals surface area contributed by atoms with Crippen molar-refractivity contribution in [1.29, 1.82) is 0 Å². The standard InChI is InChI=1S/C24H33N3O6S2/c1-18-15-19(2)17-21(16-18)27(34(4,29)30)20(3)24(28)25-11-14-33-22-7-9-23(10-8-22)35(31,32)26-12-5-6-13-26/h7-10,15-17,20H,5-6,11-14H2,1-4H3,(H,25,28)/t20-/m1/s1. The Morgan fingerprint density at radius 2 is 1.60 bits per heavy atom. The maximum atomic E-state index is 12.7. The molecule has 9 nitrogen and oxygen atoms in total. The van der Waals surface area contributed by atoms with Crippen LogP contribution in [0.5, 0.6) is 5.75 Å². The second-order valence-electron chi connectivity index (χ2n) is 8.80. The van der Waals surface area contributed by atoms with E-state index in [1.165, 1.54) is 23.4 Å². The molecule has 1 aliphatic heterocycles. The van der Waals surface area contributed by atoms with Crippen LogP contribution < -0.4 is 14.4 Å². The molecule has 1 fully saturated rings. The van der Waals surface area contributed by atoms with Crippen LogP contribution in [0.2, 0.25) is 0 Å². The van der Waals surface area contributed by atoms with Gasteiger partial charge in [0.2, 0.25) is 26.0 Å². The summed E-state index contributed by atoms with van der Waals surface area (Å²) in [6, 6.07) is 10.6. The molecule has 11 heteroatoms. The number of rotatable bonds is 10. The summed E-state index contributed by atoms with van der Waals surface area (Å²) in [5.41, 5.74) is 2.23. The zero-order valence-corrected chi connectivity index (χ0v) is 22.2. The lowest BCUT2D eigenvalue weighted by Crippen LogP contribution is -2.48. The van der Waals surface area contributed by atoms with Crippen LogP contribution in [0, 0.1) is 13.8 Å². The highest BCUT2D eigenvalue weighted by Gasteiger charge is 2.29. The predicted octanol–water partition coefficient (Wildman–Crippen LogP) is 2.44. The first kappa shape index (κ1) is 27.0. The minimum Gasteiger partial charge on any atom is -0.492 e. The number of carbonyl (C=O) groups excluding carboxylic acids is 1. The molecule has 1 atom stereocenters. The van der Waals surface area contributed by atoms with Gasteiger partial charge in [-0.25, -0.2) is 16.8 Å². The molecule has 0 saturated carbocycles. The molecule has 1 amide bonds. The Kier molecular flexibility index (Phi) is 8.45. The maximum absolute atomic E-state index is 12.7. The van der Waals surface area contributed by atoms with Gasteiger partial charge in [0.15, 0.2) is 0 Å². The van der Waals surface area contributed by atoms with Gasteiger partial charge in [0.05, 0.1) is 23.4 Å². The number of ether oxygens (including phenoxy) is 1. The van der Waals surface area contributed by atoms with E-state index in [0.717, 1.165) is 34.5 Å². The molecule has 0 aromatic heterocycles. The number of hydrogen-bond acceptors (Lipinski definition) is 6. The van der Waals surface area contributed by atoms with Gasteiger partial charge in [0.25, 0.3) is 0 Å². The Balaban J connectivity index is 1.56. The lowest BCUT2D eigenvalue weighted by molar-refractivity contribution is -0.121. The number of sulfonamides is 2. The van der Waals surface area contributed by atoms with E-state index in [0.29, 0.717) is 24.5 Å². The van der Waals surface area contributed by atoms with E-state index in [1.807, 2.05) is 19.9 Å². The van der Waals surface area contributed by atoms with Crippen molar-refractivity contribution in [3.8, 4) is 5.75 Å². The van der Waals surface area contributed by atoms with E-state index in [1.54, 1.807) is 24.3 Å². The summed E-state index contributed by atoms with van der Waals surface area (Å²) in [4.78, 5) is 12.9. The fourth-order valence-electron chi connectivity index (χ4n) is 4.16. The van der Waals surface area contributed by atoms with E-state index >= 15 is 0 Å². The Bertz CT molecular complexity index is 1230. The third kappa shape index (κ3) is 6.74. The second-order valence-corrected chi connectivity index (χ2v) is 12.6. The number of hydrogen-bond donors (Lipinski definition) is 1. The largest absolute Gasteiger partial charge is 0.492 e. The van der Waals surface area contributed by atoms with Crippen LogP contribution in [0.4, 0.5) is 5.69 Å². The minimum absolute atomic E-state index is 0.138. The molecule has 1 N–H and O–H groups in total. The molecule has 192 valence electrons. The third-order valence-electron chi connectivity index (χ3n) is 5.75. The van der Waals surface area contributed by atoms with Crippen molar-refractivity contribution in [1.82, 2.24) is 9.62 Å². The Labute approximate surface area is 208 Å². The molecule has 1 aliphatic rings. The highest BCUT2D eigenvalue weighted by atomic mass is 32.2. The zero-order chi connectivity index (χ0) is 25.8. The molecule has 3 rings (SSSR count). The summed E-state index contributed by atoms with van der Waals surface area (Å²) in [6.45, 7) is 6.65. The normalized spacial score (nSPS) is 15.5. The van der Waals surface area contributed by atoms with Gasteiger partial charge in [-0.3, -0.25) is 9.10 Å². The first-order valence-electron chi connectivity index (χ1n) is 11.5. The quantitative estimate of drug-likeness (QED) is 0.479. The summed E-state index contributed by atoms with van der Waals surface area (Å²) in [7, 11) is -7.19. The number of nitrogens with zero attached hydrogens (tertiary/aromatic N) is 2. The number of amides is 1. The SMILES string of the molecule is Cc1cc(C)cc(N([C@H](C)C(=O)NCCOc2ccc(S(=O)(=O)N3CCCC3)cc2)S(C)(=O)=O)c1. The summed E-state index contributed by atoms with van der Waals surface area (Å²) in [6.07, 6.45) is 2.82. The monoisotopic (exact) mass is 523 g/mol. The maximum Gasteiger partial charge on any atom is 0.243 e. The van der Waals surface area contributed by atoms with E-state index in [2.05, 4.69) is 5.32 Å². The van der Waals surface area contributed by atoms with Crippen molar-refractivity contribution in [2.75, 3.05) is 36.8 Å². The molecular formula is C24H33N3O6S2. The molecule has 0 spiro atoms. The summed E-state index contributed by atoms with van der Waals surface area (Å²) in [5.74, 6) is 0.0194. The van der Waals surface area contributed by atoms with Gasteiger partial charge in [0.1, 0.15) is 18.4 Å². The van der Waals surface area contributed by atoms with E-state index in [-0.39, 0.29) is 18.0 Å². The molecule has 0 aliphatic carbocycles. The summed E-state index contributed by atoms with van der Waals surface area (Å²) in [5, 5.41) is 2.70. The number of anilines is 1. The van der Waals surface area contributed by atoms with Crippen LogP contribution in [0.1, 0.15) is 30.9 Å². The molecule has 2 aromatic carbocycles. The van der Waals surface area contributed by atoms with Crippen LogP contribution in [0.15, 0.2) is 47.4 Å². The average molecular weight is 524 g/mol. The average Bonchev–Trinajstić information content (AvgIpc) is 3.31. The lowest BCUT2D eigenvalue weighted by atomic mass is 10.1. The van der Waals surface area contributed by atoms with Gasteiger partial charge < -0.3 is 10.1 Å². The van der Waals surface area contributed by atoms with Gasteiger partial charge >= 0.3 is 0 Å². The fraction of sp³-hybridized carbons (Fsp3) is 0.458. The lowest BCUT2D eigenvalue weighted by Gasteiger charge is -2.28. The van der Waals surface area contributed by atoms with Crippen molar-refractivity contribution in [2.45, 2.75) is 44.6 Å². The second kappa shape index (κ2) is 11.0. The van der Waals surface area contributed by atoms with Gasteiger partial charge in [-0.05, 0) is 81.1 Å². The topological polar surface area (TPSA) is 113 Å². The Morgan fingerprint density at radius 3 is 2.14 bits per heavy atom. The van der Waals surface area contributed by atoms with Crippen molar-refractivity contribution in [3.05, 3.63) is 53.6 Å². The fourth-order valence-corrected chi connectivity index (χ4v) is 6.84. The van der Waals surface area contributed by atoms with E-state index in [9.17, 15) is 21.6 Å². The molecule has 1 heterocycles. The predicted molar refractivity (Wildman–Crippen MR) is 136 cm³/mol. The van der Waals surface area contributed by atoms with E-state index in [4.69, 9.17) is 4.74 Å². The summed E-state index contributed by atoms with van der Waals surface area (Å²) >= 11 is 0. The molecule has 0 bridgehead atoms. The van der Waals surface area contributed by atoms with Crippen LogP contribution in [0.3, 0.4) is 0 Å². The number of nitrogens with one attached hydrogen (secondary N) is 1. The molecule has 1 saturated heterocycles. The smallest absolute Gasteiger partial charge is 0.243 e. The zero-order valence-electron chi connectivity index (χ0n) is 20.5. The Morgan fingerprint density at radius 1 is 1.03 bits per heavy atom. The number of carbonyl (C=O) groups is 1. The van der Waals surface area contributed by atoms with Gasteiger partial charge in [-0.15, -0.1) is 0 Å². The number of benzene rings is 2. The highest BCUT2D eigenvalue weighted by Crippen LogP contribution is 2.24. The number of aryl methyl sites for hydroxylation is 2. The van der Waals surface area contributed by atoms with Crippen molar-refractivity contribution in [3.63, 3.8) is 0 Å². The first-order valence-corrected chi connectivity index (χ1v) is 14.8. The van der Waals surface area contributed by atoms with E-state index < -0.39 is 32.0 Å². The molecular weight excluding hydrogens is 490 g/mol. The van der Waals surface area contributed by atoms with Crippen LogP contribution in [-0.2, 0) is 24.8 Å².